The van der Waals surface area contributed by atoms with E-state index < -0.39 is 5.91 Å². The molecule has 0 heterocycles. The molecule has 0 bridgehead atoms. The third kappa shape index (κ3) is 4.00. The van der Waals surface area contributed by atoms with E-state index in [1.807, 2.05) is 13.8 Å². The molecular formula is C12H23N3O2. The summed E-state index contributed by atoms with van der Waals surface area (Å²) in [7, 11) is 0. The van der Waals surface area contributed by atoms with Crippen molar-refractivity contribution >= 4 is 11.8 Å². The minimum Gasteiger partial charge on any atom is -0.368 e. The Bertz CT molecular complexity index is 291. The van der Waals surface area contributed by atoms with Gasteiger partial charge in [0.25, 0.3) is 0 Å². The lowest BCUT2D eigenvalue weighted by Crippen LogP contribution is -2.44. The van der Waals surface area contributed by atoms with Crippen LogP contribution in [0.2, 0.25) is 0 Å². The minimum atomic E-state index is -0.470. The predicted molar refractivity (Wildman–Crippen MR) is 66.0 cm³/mol. The largest absolute Gasteiger partial charge is 0.368 e. The van der Waals surface area contributed by atoms with E-state index in [1.54, 1.807) is 0 Å². The summed E-state index contributed by atoms with van der Waals surface area (Å²) in [6, 6.07) is 0.120. The molecule has 4 N–H and O–H groups in total. The van der Waals surface area contributed by atoms with Gasteiger partial charge in [0.15, 0.2) is 0 Å². The van der Waals surface area contributed by atoms with E-state index in [2.05, 4.69) is 0 Å². The highest BCUT2D eigenvalue weighted by Crippen LogP contribution is 2.27. The van der Waals surface area contributed by atoms with E-state index in [1.165, 1.54) is 4.90 Å². The van der Waals surface area contributed by atoms with Crippen LogP contribution in [0.15, 0.2) is 0 Å². The number of nitrogens with two attached hydrogens (primary N) is 2. The maximum atomic E-state index is 12.1. The lowest BCUT2D eigenvalue weighted by Gasteiger charge is -2.27. The lowest BCUT2D eigenvalue weighted by molar-refractivity contribution is -0.137. The van der Waals surface area contributed by atoms with Crippen LogP contribution in [0.1, 0.15) is 39.5 Å². The Balaban J connectivity index is 2.55. The van der Waals surface area contributed by atoms with E-state index in [-0.39, 0.29) is 30.5 Å². The zero-order chi connectivity index (χ0) is 13.0. The lowest BCUT2D eigenvalue weighted by atomic mass is 9.99. The molecule has 2 amide bonds. The first-order chi connectivity index (χ1) is 7.91. The minimum absolute atomic E-state index is 0.00153. The van der Waals surface area contributed by atoms with Gasteiger partial charge in [0.05, 0.1) is 6.54 Å². The zero-order valence-corrected chi connectivity index (χ0v) is 10.7. The third-order valence-corrected chi connectivity index (χ3v) is 3.42. The molecule has 17 heavy (non-hydrogen) atoms. The van der Waals surface area contributed by atoms with Gasteiger partial charge in [-0.1, -0.05) is 6.42 Å². The van der Waals surface area contributed by atoms with Crippen LogP contribution >= 0.6 is 0 Å². The Morgan fingerprint density at radius 1 is 1.35 bits per heavy atom. The SMILES string of the molecule is CC(C)N(CC(N)=O)C(=O)C[C@@H]1CCC[C@H]1N. The van der Waals surface area contributed by atoms with Crippen molar-refractivity contribution in [3.63, 3.8) is 0 Å². The number of hydrogen-bond donors (Lipinski definition) is 2. The molecule has 5 nitrogen and oxygen atoms in total. The summed E-state index contributed by atoms with van der Waals surface area (Å²) in [4.78, 5) is 24.5. The molecule has 1 aliphatic carbocycles. The molecule has 0 aliphatic heterocycles. The van der Waals surface area contributed by atoms with Crippen molar-refractivity contribution in [3.05, 3.63) is 0 Å². The molecule has 1 fully saturated rings. The van der Waals surface area contributed by atoms with Crippen LogP contribution in [-0.2, 0) is 9.59 Å². The average molecular weight is 241 g/mol. The summed E-state index contributed by atoms with van der Waals surface area (Å²) in [5, 5.41) is 0. The highest BCUT2D eigenvalue weighted by molar-refractivity contribution is 5.84. The fraction of sp³-hybridized carbons (Fsp3) is 0.833. The van der Waals surface area contributed by atoms with Crippen LogP contribution in [0.4, 0.5) is 0 Å². The summed E-state index contributed by atoms with van der Waals surface area (Å²) in [5.74, 6) is -0.222. The van der Waals surface area contributed by atoms with Crippen molar-refractivity contribution in [3.8, 4) is 0 Å². The second kappa shape index (κ2) is 6.00. The topological polar surface area (TPSA) is 89.4 Å². The van der Waals surface area contributed by atoms with Crippen LogP contribution in [-0.4, -0.2) is 35.3 Å². The zero-order valence-electron chi connectivity index (χ0n) is 10.7. The second-order valence-electron chi connectivity index (χ2n) is 5.14. The molecular weight excluding hydrogens is 218 g/mol. The molecule has 1 saturated carbocycles. The molecule has 0 aromatic heterocycles. The Hall–Kier alpha value is -1.10. The molecule has 0 aromatic rings. The molecule has 0 aromatic carbocycles. The van der Waals surface area contributed by atoms with Gasteiger partial charge in [0.2, 0.25) is 11.8 Å². The van der Waals surface area contributed by atoms with Crippen molar-refractivity contribution in [2.75, 3.05) is 6.54 Å². The summed E-state index contributed by atoms with van der Waals surface area (Å²) >= 11 is 0. The third-order valence-electron chi connectivity index (χ3n) is 3.42. The normalized spacial score (nSPS) is 24.0. The summed E-state index contributed by atoms with van der Waals surface area (Å²) in [6.45, 7) is 3.77. The average Bonchev–Trinajstić information content (AvgIpc) is 2.60. The van der Waals surface area contributed by atoms with Crippen LogP contribution < -0.4 is 11.5 Å². The molecule has 0 radical (unpaired) electrons. The van der Waals surface area contributed by atoms with Crippen molar-refractivity contribution in [1.82, 2.24) is 4.90 Å². The van der Waals surface area contributed by atoms with Crippen molar-refractivity contribution in [2.24, 2.45) is 17.4 Å². The first-order valence-corrected chi connectivity index (χ1v) is 6.25. The van der Waals surface area contributed by atoms with Gasteiger partial charge >= 0.3 is 0 Å². The number of amides is 2. The summed E-state index contributed by atoms with van der Waals surface area (Å²) < 4.78 is 0. The number of primary amides is 1. The fourth-order valence-electron chi connectivity index (χ4n) is 2.39. The maximum absolute atomic E-state index is 12.1. The predicted octanol–water partition coefficient (Wildman–Crippen LogP) is 0.226. The van der Waals surface area contributed by atoms with Crippen LogP contribution in [0.25, 0.3) is 0 Å². The number of hydrogen-bond acceptors (Lipinski definition) is 3. The van der Waals surface area contributed by atoms with Gasteiger partial charge < -0.3 is 16.4 Å². The molecule has 0 unspecified atom stereocenters. The van der Waals surface area contributed by atoms with Crippen molar-refractivity contribution < 1.29 is 9.59 Å². The van der Waals surface area contributed by atoms with Crippen LogP contribution in [0.5, 0.6) is 0 Å². The van der Waals surface area contributed by atoms with E-state index in [0.717, 1.165) is 19.3 Å². The van der Waals surface area contributed by atoms with Gasteiger partial charge in [-0.2, -0.15) is 0 Å². The number of rotatable bonds is 5. The van der Waals surface area contributed by atoms with Gasteiger partial charge in [0.1, 0.15) is 0 Å². The Morgan fingerprint density at radius 2 is 2.00 bits per heavy atom. The summed E-state index contributed by atoms with van der Waals surface area (Å²) in [6.07, 6.45) is 3.54. The number of nitrogens with zero attached hydrogens (tertiary/aromatic N) is 1. The molecule has 5 heteroatoms. The molecule has 0 saturated heterocycles. The maximum Gasteiger partial charge on any atom is 0.237 e. The van der Waals surface area contributed by atoms with Crippen LogP contribution in [0, 0.1) is 5.92 Å². The van der Waals surface area contributed by atoms with Crippen molar-refractivity contribution in [1.29, 1.82) is 0 Å². The van der Waals surface area contributed by atoms with E-state index in [0.29, 0.717) is 6.42 Å². The van der Waals surface area contributed by atoms with Gasteiger partial charge in [-0.15, -0.1) is 0 Å². The Morgan fingerprint density at radius 3 is 2.41 bits per heavy atom. The van der Waals surface area contributed by atoms with Gasteiger partial charge in [-0.25, -0.2) is 0 Å². The highest BCUT2D eigenvalue weighted by atomic mass is 16.2. The van der Waals surface area contributed by atoms with Crippen molar-refractivity contribution in [2.45, 2.75) is 51.6 Å². The first kappa shape index (κ1) is 14.0. The van der Waals surface area contributed by atoms with E-state index in [9.17, 15) is 9.59 Å². The van der Waals surface area contributed by atoms with Gasteiger partial charge in [-0.3, -0.25) is 9.59 Å². The molecule has 98 valence electrons. The smallest absolute Gasteiger partial charge is 0.237 e. The Kier molecular flexibility index (Phi) is 4.93. The van der Waals surface area contributed by atoms with Crippen LogP contribution in [0.3, 0.4) is 0 Å². The quantitative estimate of drug-likeness (QED) is 0.722. The molecule has 1 rings (SSSR count). The summed E-state index contributed by atoms with van der Waals surface area (Å²) in [5.41, 5.74) is 11.1. The highest BCUT2D eigenvalue weighted by Gasteiger charge is 2.29. The monoisotopic (exact) mass is 241 g/mol. The second-order valence-corrected chi connectivity index (χ2v) is 5.14. The van der Waals surface area contributed by atoms with E-state index in [4.69, 9.17) is 11.5 Å². The van der Waals surface area contributed by atoms with Gasteiger partial charge in [0, 0.05) is 18.5 Å². The first-order valence-electron chi connectivity index (χ1n) is 6.25. The van der Waals surface area contributed by atoms with Gasteiger partial charge in [-0.05, 0) is 32.6 Å². The molecule has 0 spiro atoms. The van der Waals surface area contributed by atoms with E-state index >= 15 is 0 Å². The molecule has 1 aliphatic rings. The number of carbonyl (C=O) groups is 2. The Labute approximate surface area is 103 Å². The fourth-order valence-corrected chi connectivity index (χ4v) is 2.39. The standard InChI is InChI=1S/C12H23N3O2/c1-8(2)15(7-11(14)16)12(17)6-9-4-3-5-10(9)13/h8-10H,3-7,13H2,1-2H3,(H2,14,16)/t9-,10+/m0/s1. The molecule has 2 atom stereocenters. The number of carbonyl (C=O) groups excluding carboxylic acids is 2.